The van der Waals surface area contributed by atoms with Gasteiger partial charge in [0.25, 0.3) is 0 Å². The van der Waals surface area contributed by atoms with Crippen molar-refractivity contribution in [3.8, 4) is 5.69 Å². The molecule has 2 aromatic rings. The average Bonchev–Trinajstić information content (AvgIpc) is 2.87. The molecule has 0 saturated carbocycles. The summed E-state index contributed by atoms with van der Waals surface area (Å²) in [7, 11) is 1.71. The van der Waals surface area contributed by atoms with Crippen molar-refractivity contribution < 1.29 is 17.6 Å². The highest BCUT2D eigenvalue weighted by Crippen LogP contribution is 2.32. The molecule has 0 spiro atoms. The molecule has 3 nitrogen and oxygen atoms in total. The standard InChI is InChI=1S/C14H15F4N3/c1-13(2,19-3)12-7-20-8-21(12)11-6-9(14(16,17)18)4-5-10(11)15/h4-8,19H,1-3H3. The minimum absolute atomic E-state index is 0.180. The third-order valence-electron chi connectivity index (χ3n) is 3.44. The summed E-state index contributed by atoms with van der Waals surface area (Å²) in [6.07, 6.45) is -1.73. The minimum atomic E-state index is -4.53. The van der Waals surface area contributed by atoms with Gasteiger partial charge in [0.05, 0.1) is 35.0 Å². The lowest BCUT2D eigenvalue weighted by Crippen LogP contribution is -2.35. The van der Waals surface area contributed by atoms with E-state index >= 15 is 0 Å². The van der Waals surface area contributed by atoms with Gasteiger partial charge < -0.3 is 5.32 Å². The van der Waals surface area contributed by atoms with Crippen LogP contribution in [0.5, 0.6) is 0 Å². The Morgan fingerprint density at radius 2 is 1.86 bits per heavy atom. The third-order valence-corrected chi connectivity index (χ3v) is 3.44. The van der Waals surface area contributed by atoms with E-state index in [0.717, 1.165) is 18.2 Å². The Morgan fingerprint density at radius 3 is 2.43 bits per heavy atom. The first-order valence-corrected chi connectivity index (χ1v) is 6.25. The van der Waals surface area contributed by atoms with Crippen molar-refractivity contribution in [2.24, 2.45) is 0 Å². The largest absolute Gasteiger partial charge is 0.416 e. The van der Waals surface area contributed by atoms with Crippen LogP contribution in [0.1, 0.15) is 25.1 Å². The van der Waals surface area contributed by atoms with Gasteiger partial charge in [-0.15, -0.1) is 0 Å². The molecule has 0 saturated heterocycles. The number of aromatic nitrogens is 2. The van der Waals surface area contributed by atoms with E-state index < -0.39 is 23.1 Å². The van der Waals surface area contributed by atoms with Crippen molar-refractivity contribution in [3.05, 3.63) is 47.8 Å². The van der Waals surface area contributed by atoms with Crippen LogP contribution in [0.25, 0.3) is 5.69 Å². The van der Waals surface area contributed by atoms with E-state index in [1.165, 1.54) is 17.1 Å². The Balaban J connectivity index is 2.61. The number of nitrogens with zero attached hydrogens (tertiary/aromatic N) is 2. The monoisotopic (exact) mass is 301 g/mol. The number of alkyl halides is 3. The molecule has 0 aliphatic heterocycles. The molecule has 0 aliphatic carbocycles. The Morgan fingerprint density at radius 1 is 1.19 bits per heavy atom. The quantitative estimate of drug-likeness (QED) is 0.880. The number of nitrogens with one attached hydrogen (secondary N) is 1. The molecule has 7 heteroatoms. The molecule has 0 bridgehead atoms. The van der Waals surface area contributed by atoms with E-state index in [4.69, 9.17) is 0 Å². The first-order chi connectivity index (χ1) is 9.66. The van der Waals surface area contributed by atoms with Gasteiger partial charge in [0.1, 0.15) is 5.82 Å². The average molecular weight is 301 g/mol. The Labute approximate surface area is 119 Å². The second-order valence-electron chi connectivity index (χ2n) is 5.19. The summed E-state index contributed by atoms with van der Waals surface area (Å²) in [5, 5.41) is 3.01. The van der Waals surface area contributed by atoms with E-state index in [9.17, 15) is 17.6 Å². The minimum Gasteiger partial charge on any atom is -0.310 e. The van der Waals surface area contributed by atoms with Crippen LogP contribution < -0.4 is 5.32 Å². The third kappa shape index (κ3) is 2.92. The first-order valence-electron chi connectivity index (χ1n) is 6.25. The van der Waals surface area contributed by atoms with Gasteiger partial charge >= 0.3 is 6.18 Å². The van der Waals surface area contributed by atoms with Crippen molar-refractivity contribution in [2.75, 3.05) is 7.05 Å². The van der Waals surface area contributed by atoms with Crippen LogP contribution in [0, 0.1) is 5.82 Å². The van der Waals surface area contributed by atoms with E-state index in [1.807, 2.05) is 13.8 Å². The Hall–Kier alpha value is -1.89. The summed E-state index contributed by atoms with van der Waals surface area (Å²) in [5.74, 6) is -0.742. The van der Waals surface area contributed by atoms with Gasteiger partial charge in [-0.25, -0.2) is 9.37 Å². The van der Waals surface area contributed by atoms with Crippen molar-refractivity contribution in [1.29, 1.82) is 0 Å². The maximum atomic E-state index is 14.0. The molecule has 0 unspecified atom stereocenters. The maximum absolute atomic E-state index is 14.0. The van der Waals surface area contributed by atoms with Crippen LogP contribution in [0.3, 0.4) is 0 Å². The zero-order valence-electron chi connectivity index (χ0n) is 11.8. The van der Waals surface area contributed by atoms with E-state index in [0.29, 0.717) is 5.69 Å². The van der Waals surface area contributed by atoms with Gasteiger partial charge in [-0.3, -0.25) is 4.57 Å². The van der Waals surface area contributed by atoms with Crippen LogP contribution in [0.15, 0.2) is 30.7 Å². The van der Waals surface area contributed by atoms with E-state index in [2.05, 4.69) is 10.3 Å². The number of hydrogen-bond donors (Lipinski definition) is 1. The molecule has 0 aliphatic rings. The number of rotatable bonds is 3. The Kier molecular flexibility index (Phi) is 3.79. The summed E-state index contributed by atoms with van der Waals surface area (Å²) in [4.78, 5) is 3.92. The maximum Gasteiger partial charge on any atom is 0.416 e. The van der Waals surface area contributed by atoms with Gasteiger partial charge in [-0.1, -0.05) is 0 Å². The van der Waals surface area contributed by atoms with Gasteiger partial charge in [-0.05, 0) is 39.1 Å². The summed E-state index contributed by atoms with van der Waals surface area (Å²) < 4.78 is 53.6. The van der Waals surface area contributed by atoms with Crippen molar-refractivity contribution in [3.63, 3.8) is 0 Å². The number of hydrogen-bond acceptors (Lipinski definition) is 2. The van der Waals surface area contributed by atoms with Crippen LogP contribution in [-0.2, 0) is 11.7 Å². The molecule has 2 rings (SSSR count). The molecule has 1 aromatic carbocycles. The van der Waals surface area contributed by atoms with E-state index in [1.54, 1.807) is 7.05 Å². The van der Waals surface area contributed by atoms with E-state index in [-0.39, 0.29) is 5.69 Å². The highest BCUT2D eigenvalue weighted by atomic mass is 19.4. The number of benzene rings is 1. The smallest absolute Gasteiger partial charge is 0.310 e. The van der Waals surface area contributed by atoms with Gasteiger partial charge in [0.2, 0.25) is 0 Å². The lowest BCUT2D eigenvalue weighted by atomic mass is 10.0. The van der Waals surface area contributed by atoms with Crippen LogP contribution >= 0.6 is 0 Å². The predicted octanol–water partition coefficient (Wildman–Crippen LogP) is 3.48. The van der Waals surface area contributed by atoms with Gasteiger partial charge in [-0.2, -0.15) is 13.2 Å². The molecule has 0 atom stereocenters. The molecular formula is C14H15F4N3. The molecule has 1 aromatic heterocycles. The fourth-order valence-corrected chi connectivity index (χ4v) is 1.95. The first kappa shape index (κ1) is 15.5. The molecule has 0 fully saturated rings. The number of imidazole rings is 1. The number of halogens is 4. The molecule has 114 valence electrons. The second kappa shape index (κ2) is 5.14. The van der Waals surface area contributed by atoms with Gasteiger partial charge in [0.15, 0.2) is 0 Å². The zero-order chi connectivity index (χ0) is 15.8. The Bertz CT molecular complexity index is 644. The fourth-order valence-electron chi connectivity index (χ4n) is 1.95. The molecule has 0 amide bonds. The SMILES string of the molecule is CNC(C)(C)c1cncn1-c1cc(C(F)(F)F)ccc1F. The van der Waals surface area contributed by atoms with Crippen molar-refractivity contribution in [2.45, 2.75) is 25.6 Å². The molecular weight excluding hydrogens is 286 g/mol. The topological polar surface area (TPSA) is 29.9 Å². The zero-order valence-corrected chi connectivity index (χ0v) is 11.8. The lowest BCUT2D eigenvalue weighted by molar-refractivity contribution is -0.137. The molecule has 1 N–H and O–H groups in total. The second-order valence-corrected chi connectivity index (χ2v) is 5.19. The van der Waals surface area contributed by atoms with Gasteiger partial charge in [0, 0.05) is 0 Å². The molecule has 0 radical (unpaired) electrons. The van der Waals surface area contributed by atoms with Crippen molar-refractivity contribution in [1.82, 2.24) is 14.9 Å². The summed E-state index contributed by atoms with van der Waals surface area (Å²) in [6.45, 7) is 3.65. The van der Waals surface area contributed by atoms with Crippen LogP contribution in [-0.4, -0.2) is 16.6 Å². The fraction of sp³-hybridized carbons (Fsp3) is 0.357. The summed E-state index contributed by atoms with van der Waals surface area (Å²) in [6, 6.07) is 2.32. The van der Waals surface area contributed by atoms with Crippen molar-refractivity contribution >= 4 is 0 Å². The highest BCUT2D eigenvalue weighted by molar-refractivity contribution is 5.41. The molecule has 1 heterocycles. The molecule has 21 heavy (non-hydrogen) atoms. The summed E-state index contributed by atoms with van der Waals surface area (Å²) >= 11 is 0. The predicted molar refractivity (Wildman–Crippen MR) is 70.6 cm³/mol. The summed E-state index contributed by atoms with van der Waals surface area (Å²) in [5.41, 5.74) is -1.10. The van der Waals surface area contributed by atoms with Crippen LogP contribution in [0.4, 0.5) is 17.6 Å². The normalized spacial score (nSPS) is 12.7. The lowest BCUT2D eigenvalue weighted by Gasteiger charge is -2.25. The highest BCUT2D eigenvalue weighted by Gasteiger charge is 2.32. The van der Waals surface area contributed by atoms with Crippen LogP contribution in [0.2, 0.25) is 0 Å².